The molecule has 8 nitrogen and oxygen atoms in total. The lowest BCUT2D eigenvalue weighted by atomic mass is 10.1. The Morgan fingerprint density at radius 3 is 2.13 bits per heavy atom. The number of ether oxygens (including phenoxy) is 1. The Morgan fingerprint density at radius 1 is 1.17 bits per heavy atom. The van der Waals surface area contributed by atoms with Crippen molar-refractivity contribution in [1.29, 1.82) is 0 Å². The van der Waals surface area contributed by atoms with Crippen LogP contribution in [0.5, 0.6) is 0 Å². The molecule has 0 fully saturated rings. The van der Waals surface area contributed by atoms with Crippen LogP contribution in [0.2, 0.25) is 0 Å². The standard InChI is InChI=1S/C15H17NO7/c1-8(2)15(22)23-7-12(17)6-16-11-4-9(13(18)19)3-10(5-11)14(20)21/h3-5,12,16-17H,1,6-7H2,2H3,(H,18,19)(H,20,21). The van der Waals surface area contributed by atoms with Gasteiger partial charge >= 0.3 is 17.9 Å². The highest BCUT2D eigenvalue weighted by Crippen LogP contribution is 2.15. The van der Waals surface area contributed by atoms with Crippen LogP contribution >= 0.6 is 0 Å². The molecule has 0 aliphatic heterocycles. The maximum Gasteiger partial charge on any atom is 0.335 e. The van der Waals surface area contributed by atoms with Gasteiger partial charge in [-0.3, -0.25) is 0 Å². The fraction of sp³-hybridized carbons (Fsp3) is 0.267. The molecule has 0 aliphatic carbocycles. The summed E-state index contributed by atoms with van der Waals surface area (Å²) in [7, 11) is 0. The smallest absolute Gasteiger partial charge is 0.335 e. The second kappa shape index (κ2) is 7.95. The van der Waals surface area contributed by atoms with Gasteiger partial charge in [-0.1, -0.05) is 6.58 Å². The van der Waals surface area contributed by atoms with Crippen LogP contribution in [-0.2, 0) is 9.53 Å². The molecule has 124 valence electrons. The summed E-state index contributed by atoms with van der Waals surface area (Å²) < 4.78 is 4.76. The number of carboxylic acids is 2. The Hall–Kier alpha value is -2.87. The number of nitrogens with one attached hydrogen (secondary N) is 1. The average Bonchev–Trinajstić information content (AvgIpc) is 2.49. The van der Waals surface area contributed by atoms with Gasteiger partial charge in [0.15, 0.2) is 0 Å². The van der Waals surface area contributed by atoms with Crippen LogP contribution in [0.1, 0.15) is 27.6 Å². The number of benzene rings is 1. The first kappa shape index (κ1) is 18.2. The fourth-order valence-electron chi connectivity index (χ4n) is 1.57. The zero-order valence-corrected chi connectivity index (χ0v) is 12.4. The van der Waals surface area contributed by atoms with Crippen molar-refractivity contribution < 1.29 is 34.4 Å². The molecule has 1 aromatic carbocycles. The molecule has 0 bridgehead atoms. The van der Waals surface area contributed by atoms with Gasteiger partial charge in [-0.2, -0.15) is 0 Å². The van der Waals surface area contributed by atoms with Crippen LogP contribution in [0.3, 0.4) is 0 Å². The van der Waals surface area contributed by atoms with Gasteiger partial charge in [0.05, 0.1) is 11.1 Å². The van der Waals surface area contributed by atoms with E-state index in [9.17, 15) is 19.5 Å². The van der Waals surface area contributed by atoms with Crippen molar-refractivity contribution in [2.75, 3.05) is 18.5 Å². The summed E-state index contributed by atoms with van der Waals surface area (Å²) in [6.07, 6.45) is -1.06. The molecule has 0 radical (unpaired) electrons. The van der Waals surface area contributed by atoms with E-state index in [1.807, 2.05) is 0 Å². The normalized spacial score (nSPS) is 11.4. The van der Waals surface area contributed by atoms with Crippen molar-refractivity contribution in [2.24, 2.45) is 0 Å². The molecule has 8 heteroatoms. The number of hydrogen-bond acceptors (Lipinski definition) is 6. The first-order valence-electron chi connectivity index (χ1n) is 6.57. The fourth-order valence-corrected chi connectivity index (χ4v) is 1.57. The van der Waals surface area contributed by atoms with Crippen LogP contribution in [0, 0.1) is 0 Å². The van der Waals surface area contributed by atoms with E-state index in [1.165, 1.54) is 19.1 Å². The molecule has 0 saturated heterocycles. The molecular formula is C15H17NO7. The highest BCUT2D eigenvalue weighted by Gasteiger charge is 2.13. The lowest BCUT2D eigenvalue weighted by molar-refractivity contribution is -0.141. The number of aliphatic hydroxyl groups excluding tert-OH is 1. The third-order valence-electron chi connectivity index (χ3n) is 2.72. The minimum absolute atomic E-state index is 0.0639. The van der Waals surface area contributed by atoms with E-state index in [0.29, 0.717) is 0 Å². The summed E-state index contributed by atoms with van der Waals surface area (Å²) in [4.78, 5) is 33.1. The second-order valence-electron chi connectivity index (χ2n) is 4.82. The van der Waals surface area contributed by atoms with Gasteiger partial charge in [-0.05, 0) is 25.1 Å². The second-order valence-corrected chi connectivity index (χ2v) is 4.82. The SMILES string of the molecule is C=C(C)C(=O)OCC(O)CNc1cc(C(=O)O)cc(C(=O)O)c1. The van der Waals surface area contributed by atoms with Crippen molar-refractivity contribution in [3.8, 4) is 0 Å². The largest absolute Gasteiger partial charge is 0.478 e. The molecule has 0 aromatic heterocycles. The number of hydrogen-bond donors (Lipinski definition) is 4. The number of esters is 1. The number of anilines is 1. The van der Waals surface area contributed by atoms with E-state index < -0.39 is 24.0 Å². The first-order chi connectivity index (χ1) is 10.7. The highest BCUT2D eigenvalue weighted by atomic mass is 16.5. The highest BCUT2D eigenvalue weighted by molar-refractivity contribution is 5.95. The van der Waals surface area contributed by atoms with Crippen LogP contribution in [-0.4, -0.2) is 52.5 Å². The molecule has 0 spiro atoms. The molecule has 0 aliphatic rings. The number of carbonyl (C=O) groups is 3. The number of rotatable bonds is 8. The third-order valence-corrected chi connectivity index (χ3v) is 2.72. The van der Waals surface area contributed by atoms with Crippen LogP contribution < -0.4 is 5.32 Å². The summed E-state index contributed by atoms with van der Waals surface area (Å²) in [6.45, 7) is 4.53. The lowest BCUT2D eigenvalue weighted by Gasteiger charge is -2.14. The maximum atomic E-state index is 11.2. The van der Waals surface area contributed by atoms with Crippen molar-refractivity contribution >= 4 is 23.6 Å². The molecule has 1 rings (SSSR count). The van der Waals surface area contributed by atoms with Gasteiger partial charge in [0, 0.05) is 17.8 Å². The monoisotopic (exact) mass is 323 g/mol. The summed E-state index contributed by atoms with van der Waals surface area (Å²) >= 11 is 0. The van der Waals surface area contributed by atoms with Gasteiger partial charge in [-0.25, -0.2) is 14.4 Å². The molecule has 0 saturated carbocycles. The first-order valence-corrected chi connectivity index (χ1v) is 6.57. The van der Waals surface area contributed by atoms with E-state index in [2.05, 4.69) is 11.9 Å². The zero-order valence-electron chi connectivity index (χ0n) is 12.4. The average molecular weight is 323 g/mol. The Balaban J connectivity index is 2.69. The molecule has 1 atom stereocenters. The molecule has 1 aromatic rings. The van der Waals surface area contributed by atoms with Crippen molar-refractivity contribution in [3.05, 3.63) is 41.5 Å². The van der Waals surface area contributed by atoms with Crippen LogP contribution in [0.25, 0.3) is 0 Å². The van der Waals surface area contributed by atoms with E-state index in [1.54, 1.807) is 0 Å². The molecule has 1 unspecified atom stereocenters. The molecular weight excluding hydrogens is 306 g/mol. The van der Waals surface area contributed by atoms with Gasteiger partial charge in [0.2, 0.25) is 0 Å². The van der Waals surface area contributed by atoms with E-state index in [0.717, 1.165) is 6.07 Å². The van der Waals surface area contributed by atoms with Gasteiger partial charge in [0.25, 0.3) is 0 Å². The summed E-state index contributed by atoms with van der Waals surface area (Å²) in [5.41, 5.74) is 0.0178. The topological polar surface area (TPSA) is 133 Å². The minimum Gasteiger partial charge on any atom is -0.478 e. The van der Waals surface area contributed by atoms with Crippen LogP contribution in [0.4, 0.5) is 5.69 Å². The summed E-state index contributed by atoms with van der Waals surface area (Å²) in [5, 5.41) is 30.3. The predicted octanol–water partition coefficient (Wildman–Crippen LogP) is 0.975. The Kier molecular flexibility index (Phi) is 6.28. The van der Waals surface area contributed by atoms with Gasteiger partial charge in [-0.15, -0.1) is 0 Å². The van der Waals surface area contributed by atoms with Crippen molar-refractivity contribution in [3.63, 3.8) is 0 Å². The lowest BCUT2D eigenvalue weighted by Crippen LogP contribution is -2.26. The van der Waals surface area contributed by atoms with Crippen molar-refractivity contribution in [1.82, 2.24) is 0 Å². The van der Waals surface area contributed by atoms with E-state index in [-0.39, 0.29) is 35.5 Å². The summed E-state index contributed by atoms with van der Waals surface area (Å²) in [5.74, 6) is -3.18. The Labute approximate surface area is 132 Å². The third kappa shape index (κ3) is 5.79. The predicted molar refractivity (Wildman–Crippen MR) is 80.6 cm³/mol. The minimum atomic E-state index is -1.27. The number of carboxylic acid groups (broad SMARTS) is 2. The van der Waals surface area contributed by atoms with Crippen molar-refractivity contribution in [2.45, 2.75) is 13.0 Å². The molecule has 0 amide bonds. The zero-order chi connectivity index (χ0) is 17.6. The quantitative estimate of drug-likeness (QED) is 0.411. The molecule has 4 N–H and O–H groups in total. The summed E-state index contributed by atoms with van der Waals surface area (Å²) in [6, 6.07) is 3.50. The van der Waals surface area contributed by atoms with Gasteiger partial charge in [0.1, 0.15) is 12.7 Å². The maximum absolute atomic E-state index is 11.2. The number of aromatic carboxylic acids is 2. The van der Waals surface area contributed by atoms with E-state index >= 15 is 0 Å². The number of carbonyl (C=O) groups excluding carboxylic acids is 1. The van der Waals surface area contributed by atoms with E-state index in [4.69, 9.17) is 14.9 Å². The number of aliphatic hydroxyl groups is 1. The Morgan fingerprint density at radius 2 is 1.70 bits per heavy atom. The molecule has 0 heterocycles. The Bertz CT molecular complexity index is 606. The molecule has 23 heavy (non-hydrogen) atoms. The van der Waals surface area contributed by atoms with Crippen LogP contribution in [0.15, 0.2) is 30.4 Å². The van der Waals surface area contributed by atoms with Gasteiger partial charge < -0.3 is 25.4 Å².